The van der Waals surface area contributed by atoms with Crippen LogP contribution in [0.25, 0.3) is 11.0 Å². The molecule has 2 aromatic heterocycles. The lowest BCUT2D eigenvalue weighted by atomic mass is 10.0. The Morgan fingerprint density at radius 2 is 1.90 bits per heavy atom. The standard InChI is InChI=1S/C24H25N3O3/c1-17(2)18-9-11-19(12-10-18)29-15-13-27-21-7-4-3-6-20(21)26-23(27)16-25-24(28)22-8-5-14-30-22/h3-12,14,17H,13,15-16H2,1-2H3,(H,25,28). The molecule has 1 amide bonds. The summed E-state index contributed by atoms with van der Waals surface area (Å²) in [5.41, 5.74) is 3.19. The molecule has 0 spiro atoms. The fourth-order valence-corrected chi connectivity index (χ4v) is 3.37. The molecule has 6 heteroatoms. The maximum atomic E-state index is 12.2. The summed E-state index contributed by atoms with van der Waals surface area (Å²) in [6.45, 7) is 5.77. The first kappa shape index (κ1) is 19.8. The zero-order valence-electron chi connectivity index (χ0n) is 17.2. The van der Waals surface area contributed by atoms with Crippen molar-refractivity contribution in [3.63, 3.8) is 0 Å². The Hall–Kier alpha value is -3.54. The third kappa shape index (κ3) is 4.38. The van der Waals surface area contributed by atoms with E-state index in [1.165, 1.54) is 11.8 Å². The van der Waals surface area contributed by atoms with Crippen LogP contribution in [-0.4, -0.2) is 22.1 Å². The van der Waals surface area contributed by atoms with E-state index in [1.54, 1.807) is 12.1 Å². The minimum absolute atomic E-state index is 0.264. The van der Waals surface area contributed by atoms with Crippen LogP contribution in [0.2, 0.25) is 0 Å². The van der Waals surface area contributed by atoms with Gasteiger partial charge in [0.15, 0.2) is 5.76 Å². The number of furan rings is 1. The van der Waals surface area contributed by atoms with Crippen molar-refractivity contribution in [1.82, 2.24) is 14.9 Å². The lowest BCUT2D eigenvalue weighted by Crippen LogP contribution is -2.25. The highest BCUT2D eigenvalue weighted by atomic mass is 16.5. The Morgan fingerprint density at radius 3 is 2.63 bits per heavy atom. The molecule has 2 heterocycles. The Labute approximate surface area is 175 Å². The van der Waals surface area contributed by atoms with E-state index in [-0.39, 0.29) is 11.7 Å². The van der Waals surface area contributed by atoms with Gasteiger partial charge in [0.1, 0.15) is 18.2 Å². The third-order valence-electron chi connectivity index (χ3n) is 5.02. The topological polar surface area (TPSA) is 69.3 Å². The van der Waals surface area contributed by atoms with Gasteiger partial charge in [0.25, 0.3) is 5.91 Å². The van der Waals surface area contributed by atoms with E-state index in [2.05, 4.69) is 40.8 Å². The largest absolute Gasteiger partial charge is 0.492 e. The molecular formula is C24H25N3O3. The summed E-state index contributed by atoms with van der Waals surface area (Å²) < 4.78 is 13.2. The van der Waals surface area contributed by atoms with Crippen LogP contribution in [0.3, 0.4) is 0 Å². The number of ether oxygens (including phenoxy) is 1. The zero-order chi connectivity index (χ0) is 20.9. The van der Waals surface area contributed by atoms with E-state index >= 15 is 0 Å². The van der Waals surface area contributed by atoms with Gasteiger partial charge in [0.05, 0.1) is 30.4 Å². The number of imidazole rings is 1. The molecule has 154 valence electrons. The molecule has 6 nitrogen and oxygen atoms in total. The summed E-state index contributed by atoms with van der Waals surface area (Å²) in [6, 6.07) is 19.5. The van der Waals surface area contributed by atoms with E-state index in [0.717, 1.165) is 22.6 Å². The average Bonchev–Trinajstić information content (AvgIpc) is 3.41. The lowest BCUT2D eigenvalue weighted by Gasteiger charge is -2.12. The predicted octanol–water partition coefficient (Wildman–Crippen LogP) is 4.76. The van der Waals surface area contributed by atoms with Crippen molar-refractivity contribution in [3.05, 3.63) is 84.1 Å². The highest BCUT2D eigenvalue weighted by molar-refractivity contribution is 5.91. The van der Waals surface area contributed by atoms with Gasteiger partial charge in [-0.15, -0.1) is 0 Å². The summed E-state index contributed by atoms with van der Waals surface area (Å²) in [5, 5.41) is 2.87. The molecule has 30 heavy (non-hydrogen) atoms. The van der Waals surface area contributed by atoms with Gasteiger partial charge >= 0.3 is 0 Å². The first-order valence-electron chi connectivity index (χ1n) is 10.1. The quantitative estimate of drug-likeness (QED) is 0.460. The molecule has 4 rings (SSSR count). The van der Waals surface area contributed by atoms with Crippen LogP contribution in [0.15, 0.2) is 71.3 Å². The van der Waals surface area contributed by atoms with Crippen LogP contribution < -0.4 is 10.1 Å². The number of carbonyl (C=O) groups is 1. The number of hydrogen-bond acceptors (Lipinski definition) is 4. The second-order valence-electron chi connectivity index (χ2n) is 7.40. The number of aromatic nitrogens is 2. The smallest absolute Gasteiger partial charge is 0.287 e. The SMILES string of the molecule is CC(C)c1ccc(OCCn2c(CNC(=O)c3ccco3)nc3ccccc32)cc1. The number of para-hydroxylation sites is 2. The van der Waals surface area contributed by atoms with Gasteiger partial charge < -0.3 is 19.0 Å². The molecule has 0 saturated carbocycles. The molecule has 0 aliphatic heterocycles. The monoisotopic (exact) mass is 403 g/mol. The maximum absolute atomic E-state index is 12.2. The Kier molecular flexibility index (Phi) is 5.84. The van der Waals surface area contributed by atoms with E-state index in [0.29, 0.717) is 25.6 Å². The fraction of sp³-hybridized carbons (Fsp3) is 0.250. The van der Waals surface area contributed by atoms with Crippen LogP contribution in [0, 0.1) is 0 Å². The molecule has 0 unspecified atom stereocenters. The van der Waals surface area contributed by atoms with Crippen LogP contribution >= 0.6 is 0 Å². The maximum Gasteiger partial charge on any atom is 0.287 e. The van der Waals surface area contributed by atoms with Crippen molar-refractivity contribution in [2.75, 3.05) is 6.61 Å². The van der Waals surface area contributed by atoms with Gasteiger partial charge in [-0.3, -0.25) is 4.79 Å². The number of benzene rings is 2. The third-order valence-corrected chi connectivity index (χ3v) is 5.02. The molecular weight excluding hydrogens is 378 g/mol. The lowest BCUT2D eigenvalue weighted by molar-refractivity contribution is 0.0921. The number of carbonyl (C=O) groups excluding carboxylic acids is 1. The van der Waals surface area contributed by atoms with Crippen LogP contribution in [0.4, 0.5) is 0 Å². The summed E-state index contributed by atoms with van der Waals surface area (Å²) in [4.78, 5) is 16.9. The molecule has 0 saturated heterocycles. The van der Waals surface area contributed by atoms with E-state index < -0.39 is 0 Å². The number of amides is 1. The molecule has 2 aromatic carbocycles. The van der Waals surface area contributed by atoms with E-state index in [4.69, 9.17) is 9.15 Å². The minimum atomic E-state index is -0.264. The van der Waals surface area contributed by atoms with Gasteiger partial charge in [0.2, 0.25) is 0 Å². The highest BCUT2D eigenvalue weighted by Gasteiger charge is 2.13. The van der Waals surface area contributed by atoms with E-state index in [1.807, 2.05) is 36.4 Å². The average molecular weight is 403 g/mol. The number of fused-ring (bicyclic) bond motifs is 1. The van der Waals surface area contributed by atoms with Gasteiger partial charge in [-0.25, -0.2) is 4.98 Å². The Morgan fingerprint density at radius 1 is 1.10 bits per heavy atom. The second kappa shape index (κ2) is 8.86. The van der Waals surface area contributed by atoms with Crippen LogP contribution in [-0.2, 0) is 13.1 Å². The summed E-state index contributed by atoms with van der Waals surface area (Å²) in [7, 11) is 0. The van der Waals surface area contributed by atoms with Crippen molar-refractivity contribution >= 4 is 16.9 Å². The van der Waals surface area contributed by atoms with Crippen molar-refractivity contribution in [2.45, 2.75) is 32.9 Å². The first-order chi connectivity index (χ1) is 14.6. The zero-order valence-corrected chi connectivity index (χ0v) is 17.2. The van der Waals surface area contributed by atoms with Crippen molar-refractivity contribution in [1.29, 1.82) is 0 Å². The summed E-state index contributed by atoms with van der Waals surface area (Å²) in [5.74, 6) is 2.13. The molecule has 0 aliphatic rings. The number of nitrogens with zero attached hydrogens (tertiary/aromatic N) is 2. The van der Waals surface area contributed by atoms with Crippen LogP contribution in [0.1, 0.15) is 41.7 Å². The number of nitrogens with one attached hydrogen (secondary N) is 1. The molecule has 0 aliphatic carbocycles. The molecule has 1 N–H and O–H groups in total. The van der Waals surface area contributed by atoms with Crippen molar-refractivity contribution in [3.8, 4) is 5.75 Å². The molecule has 4 aromatic rings. The molecule has 0 atom stereocenters. The van der Waals surface area contributed by atoms with Crippen molar-refractivity contribution < 1.29 is 13.9 Å². The number of hydrogen-bond donors (Lipinski definition) is 1. The minimum Gasteiger partial charge on any atom is -0.492 e. The Balaban J connectivity index is 1.45. The summed E-state index contributed by atoms with van der Waals surface area (Å²) in [6.07, 6.45) is 1.48. The Bertz CT molecular complexity index is 1110. The fourth-order valence-electron chi connectivity index (χ4n) is 3.37. The first-order valence-corrected chi connectivity index (χ1v) is 10.1. The van der Waals surface area contributed by atoms with Gasteiger partial charge in [0, 0.05) is 0 Å². The summed E-state index contributed by atoms with van der Waals surface area (Å²) >= 11 is 0. The van der Waals surface area contributed by atoms with Gasteiger partial charge in [-0.05, 0) is 47.9 Å². The van der Waals surface area contributed by atoms with Gasteiger partial charge in [-0.2, -0.15) is 0 Å². The second-order valence-corrected chi connectivity index (χ2v) is 7.40. The predicted molar refractivity (Wildman–Crippen MR) is 116 cm³/mol. The van der Waals surface area contributed by atoms with Crippen LogP contribution in [0.5, 0.6) is 5.75 Å². The van der Waals surface area contributed by atoms with E-state index in [9.17, 15) is 4.79 Å². The molecule has 0 radical (unpaired) electrons. The van der Waals surface area contributed by atoms with Gasteiger partial charge in [-0.1, -0.05) is 38.1 Å². The number of rotatable bonds is 8. The highest BCUT2D eigenvalue weighted by Crippen LogP contribution is 2.20. The normalized spacial score (nSPS) is 11.2. The molecule has 0 bridgehead atoms. The molecule has 0 fully saturated rings. The van der Waals surface area contributed by atoms with Crippen molar-refractivity contribution in [2.24, 2.45) is 0 Å².